The van der Waals surface area contributed by atoms with Gasteiger partial charge in [0.2, 0.25) is 0 Å². The maximum atomic E-state index is 5.54. The minimum atomic E-state index is 0.867. The van der Waals surface area contributed by atoms with Crippen molar-refractivity contribution in [2.45, 2.75) is 39.5 Å². The van der Waals surface area contributed by atoms with Crippen molar-refractivity contribution < 1.29 is 4.74 Å². The molecule has 0 unspecified atom stereocenters. The first kappa shape index (κ1) is 9.57. The van der Waals surface area contributed by atoms with Gasteiger partial charge in [0.15, 0.2) is 0 Å². The van der Waals surface area contributed by atoms with E-state index in [4.69, 9.17) is 4.74 Å². The molecule has 0 saturated heterocycles. The number of aryl methyl sites for hydroxylation is 2. The number of unbranched alkanes of at least 4 members (excludes halogenated alkanes) is 1. The molecule has 0 aromatic heterocycles. The minimum absolute atomic E-state index is 0.867. The molecule has 0 atom stereocenters. The van der Waals surface area contributed by atoms with Crippen LogP contribution in [-0.4, -0.2) is 6.61 Å². The van der Waals surface area contributed by atoms with Crippen LogP contribution in [0.3, 0.4) is 0 Å². The number of hydrogen-bond donors (Lipinski definition) is 0. The van der Waals surface area contributed by atoms with E-state index >= 15 is 0 Å². The van der Waals surface area contributed by atoms with E-state index in [0.717, 1.165) is 18.8 Å². The summed E-state index contributed by atoms with van der Waals surface area (Å²) in [6.07, 6.45) is 4.87. The predicted octanol–water partition coefficient (Wildman–Crippen LogP) is 3.27. The quantitative estimate of drug-likeness (QED) is 0.710. The predicted molar refractivity (Wildman–Crippen MR) is 59.0 cm³/mol. The molecule has 0 bridgehead atoms. The van der Waals surface area contributed by atoms with E-state index in [2.05, 4.69) is 26.0 Å². The number of rotatable bonds is 3. The number of hydrogen-bond acceptors (Lipinski definition) is 1. The first-order valence-corrected chi connectivity index (χ1v) is 5.56. The normalized spacial score (nSPS) is 13.9. The van der Waals surface area contributed by atoms with Gasteiger partial charge in [0.05, 0.1) is 6.61 Å². The molecule has 76 valence electrons. The van der Waals surface area contributed by atoms with Crippen molar-refractivity contribution in [1.82, 2.24) is 0 Å². The highest BCUT2D eigenvalue weighted by atomic mass is 16.5. The lowest BCUT2D eigenvalue weighted by atomic mass is 9.99. The lowest BCUT2D eigenvalue weighted by molar-refractivity contribution is 0.356. The molecular weight excluding hydrogens is 172 g/mol. The van der Waals surface area contributed by atoms with E-state index in [-0.39, 0.29) is 0 Å². The van der Waals surface area contributed by atoms with E-state index in [1.165, 1.54) is 36.0 Å². The summed E-state index contributed by atoms with van der Waals surface area (Å²) in [7, 11) is 0. The smallest absolute Gasteiger partial charge is 0.122 e. The van der Waals surface area contributed by atoms with Crippen LogP contribution in [0, 0.1) is 6.92 Å². The van der Waals surface area contributed by atoms with Crippen molar-refractivity contribution in [2.75, 3.05) is 6.61 Å². The van der Waals surface area contributed by atoms with Gasteiger partial charge in [-0.15, -0.1) is 0 Å². The molecule has 1 aromatic carbocycles. The summed E-state index contributed by atoms with van der Waals surface area (Å²) < 4.78 is 5.54. The molecule has 2 rings (SSSR count). The van der Waals surface area contributed by atoms with Gasteiger partial charge in [0.25, 0.3) is 0 Å². The number of ether oxygens (including phenoxy) is 1. The van der Waals surface area contributed by atoms with Gasteiger partial charge in [-0.25, -0.2) is 0 Å². The minimum Gasteiger partial charge on any atom is -0.493 e. The van der Waals surface area contributed by atoms with Gasteiger partial charge in [0.1, 0.15) is 5.75 Å². The maximum absolute atomic E-state index is 5.54. The molecular formula is C13H18O. The summed E-state index contributed by atoms with van der Waals surface area (Å²) in [5.41, 5.74) is 4.30. The summed E-state index contributed by atoms with van der Waals surface area (Å²) in [4.78, 5) is 0. The maximum Gasteiger partial charge on any atom is 0.122 e. The SMILES string of the molecule is CCCCc1cc2c(cc1C)OCC2. The highest BCUT2D eigenvalue weighted by Gasteiger charge is 2.13. The third-order valence-corrected chi connectivity index (χ3v) is 2.95. The Hall–Kier alpha value is -0.980. The zero-order valence-corrected chi connectivity index (χ0v) is 9.10. The lowest BCUT2D eigenvalue weighted by Gasteiger charge is -2.07. The Bertz CT molecular complexity index is 328. The third kappa shape index (κ3) is 1.77. The third-order valence-electron chi connectivity index (χ3n) is 2.95. The van der Waals surface area contributed by atoms with E-state index < -0.39 is 0 Å². The molecule has 0 spiro atoms. The molecule has 1 aliphatic heterocycles. The summed E-state index contributed by atoms with van der Waals surface area (Å²) in [5.74, 6) is 1.11. The van der Waals surface area contributed by atoms with Crippen molar-refractivity contribution in [3.05, 3.63) is 28.8 Å². The molecule has 0 saturated carbocycles. The van der Waals surface area contributed by atoms with Crippen LogP contribution in [0.1, 0.15) is 36.5 Å². The van der Waals surface area contributed by atoms with Gasteiger partial charge in [-0.1, -0.05) is 19.4 Å². The van der Waals surface area contributed by atoms with Crippen LogP contribution in [0.2, 0.25) is 0 Å². The van der Waals surface area contributed by atoms with Gasteiger partial charge < -0.3 is 4.74 Å². The molecule has 0 radical (unpaired) electrons. The van der Waals surface area contributed by atoms with Crippen LogP contribution in [0.25, 0.3) is 0 Å². The van der Waals surface area contributed by atoms with Crippen molar-refractivity contribution in [3.63, 3.8) is 0 Å². The Kier molecular flexibility index (Phi) is 2.76. The van der Waals surface area contributed by atoms with Crippen LogP contribution >= 0.6 is 0 Å². The summed E-state index contributed by atoms with van der Waals surface area (Å²) in [6, 6.07) is 4.54. The Balaban J connectivity index is 2.23. The standard InChI is InChI=1S/C13H18O/c1-3-4-5-11-9-12-6-7-14-13(12)8-10(11)2/h8-9H,3-7H2,1-2H3. The highest BCUT2D eigenvalue weighted by molar-refractivity contribution is 5.44. The molecule has 0 aliphatic carbocycles. The molecule has 1 heteroatoms. The van der Waals surface area contributed by atoms with Crippen molar-refractivity contribution in [2.24, 2.45) is 0 Å². The van der Waals surface area contributed by atoms with E-state index in [1.807, 2.05) is 0 Å². The monoisotopic (exact) mass is 190 g/mol. The van der Waals surface area contributed by atoms with Crippen LogP contribution in [-0.2, 0) is 12.8 Å². The van der Waals surface area contributed by atoms with Gasteiger partial charge in [-0.2, -0.15) is 0 Å². The second-order valence-electron chi connectivity index (χ2n) is 4.09. The molecule has 0 fully saturated rings. The number of benzene rings is 1. The molecule has 1 heterocycles. The highest BCUT2D eigenvalue weighted by Crippen LogP contribution is 2.29. The topological polar surface area (TPSA) is 9.23 Å². The van der Waals surface area contributed by atoms with Crippen LogP contribution < -0.4 is 4.74 Å². The van der Waals surface area contributed by atoms with Gasteiger partial charge in [0, 0.05) is 6.42 Å². The lowest BCUT2D eigenvalue weighted by Crippen LogP contribution is -1.91. The fourth-order valence-electron chi connectivity index (χ4n) is 2.01. The van der Waals surface area contributed by atoms with Gasteiger partial charge >= 0.3 is 0 Å². The first-order chi connectivity index (χ1) is 6.81. The van der Waals surface area contributed by atoms with E-state index in [9.17, 15) is 0 Å². The molecule has 1 nitrogen and oxygen atoms in total. The Morgan fingerprint density at radius 3 is 3.00 bits per heavy atom. The van der Waals surface area contributed by atoms with Gasteiger partial charge in [-0.05, 0) is 42.5 Å². The zero-order valence-electron chi connectivity index (χ0n) is 9.10. The Morgan fingerprint density at radius 1 is 1.36 bits per heavy atom. The Morgan fingerprint density at radius 2 is 2.21 bits per heavy atom. The molecule has 1 aromatic rings. The fraction of sp³-hybridized carbons (Fsp3) is 0.538. The van der Waals surface area contributed by atoms with Crippen molar-refractivity contribution in [3.8, 4) is 5.75 Å². The van der Waals surface area contributed by atoms with Crippen LogP contribution in [0.5, 0.6) is 5.75 Å². The first-order valence-electron chi connectivity index (χ1n) is 5.56. The molecule has 0 amide bonds. The average Bonchev–Trinajstić information content (AvgIpc) is 2.61. The number of fused-ring (bicyclic) bond motifs is 1. The molecule has 0 N–H and O–H groups in total. The van der Waals surface area contributed by atoms with Crippen LogP contribution in [0.15, 0.2) is 12.1 Å². The summed E-state index contributed by atoms with van der Waals surface area (Å²) >= 11 is 0. The van der Waals surface area contributed by atoms with Gasteiger partial charge in [-0.3, -0.25) is 0 Å². The second kappa shape index (κ2) is 4.04. The summed E-state index contributed by atoms with van der Waals surface area (Å²) in [6.45, 7) is 5.30. The fourth-order valence-corrected chi connectivity index (χ4v) is 2.01. The molecule has 14 heavy (non-hydrogen) atoms. The largest absolute Gasteiger partial charge is 0.493 e. The summed E-state index contributed by atoms with van der Waals surface area (Å²) in [5, 5.41) is 0. The second-order valence-corrected chi connectivity index (χ2v) is 4.09. The average molecular weight is 190 g/mol. The van der Waals surface area contributed by atoms with Crippen LogP contribution in [0.4, 0.5) is 0 Å². The van der Waals surface area contributed by atoms with E-state index in [1.54, 1.807) is 0 Å². The van der Waals surface area contributed by atoms with E-state index in [0.29, 0.717) is 0 Å². The zero-order chi connectivity index (χ0) is 9.97. The van der Waals surface area contributed by atoms with Crippen molar-refractivity contribution >= 4 is 0 Å². The Labute approximate surface area is 86.1 Å². The van der Waals surface area contributed by atoms with Crippen molar-refractivity contribution in [1.29, 1.82) is 0 Å². The molecule has 1 aliphatic rings.